The Morgan fingerprint density at radius 1 is 1.29 bits per heavy atom. The van der Waals surface area contributed by atoms with Gasteiger partial charge in [-0.1, -0.05) is 20.8 Å². The lowest BCUT2D eigenvalue weighted by atomic mass is 9.95. The van der Waals surface area contributed by atoms with E-state index in [2.05, 4.69) is 46.6 Å². The van der Waals surface area contributed by atoms with Gasteiger partial charge in [0.25, 0.3) is 0 Å². The first-order valence-electron chi connectivity index (χ1n) is 5.39. The van der Waals surface area contributed by atoms with E-state index < -0.39 is 0 Å². The van der Waals surface area contributed by atoms with Crippen LogP contribution < -0.4 is 21.9 Å². The summed E-state index contributed by atoms with van der Waals surface area (Å²) in [6.07, 6.45) is 0.689. The minimum Gasteiger partial charge on any atom is -1.00 e. The van der Waals surface area contributed by atoms with Gasteiger partial charge in [0.2, 0.25) is 0 Å². The second kappa shape index (κ2) is 4.95. The van der Waals surface area contributed by atoms with E-state index in [0.717, 1.165) is 6.04 Å². The standard InChI is InChI=1S/C11H24N2.BrH/c1-9-7-12(6)10(2)13(9)8-11(3,4)5;/h9-10H,7-8H2,1-6H3;1H. The number of rotatable bonds is 1. The number of hydrogen-bond acceptors (Lipinski definition) is 1. The van der Waals surface area contributed by atoms with E-state index in [9.17, 15) is 0 Å². The number of hydrogen-bond donors (Lipinski definition) is 1. The second-order valence-corrected chi connectivity index (χ2v) is 5.81. The molecule has 0 aromatic carbocycles. The van der Waals surface area contributed by atoms with Crippen LogP contribution in [0.5, 0.6) is 0 Å². The summed E-state index contributed by atoms with van der Waals surface area (Å²) in [4.78, 5) is 4.28. The molecule has 1 fully saturated rings. The molecule has 1 aliphatic heterocycles. The number of halogens is 1. The SMILES string of the molecule is CC1C[NH+](C)C(C)N1CC(C)(C)C.[Br-]. The molecule has 0 spiro atoms. The van der Waals surface area contributed by atoms with Gasteiger partial charge in [-0.15, -0.1) is 0 Å². The van der Waals surface area contributed by atoms with E-state index in [1.54, 1.807) is 4.90 Å². The Morgan fingerprint density at radius 3 is 2.07 bits per heavy atom. The molecule has 14 heavy (non-hydrogen) atoms. The van der Waals surface area contributed by atoms with Crippen LogP contribution in [-0.4, -0.2) is 37.2 Å². The zero-order valence-corrected chi connectivity index (χ0v) is 12.0. The fraction of sp³-hybridized carbons (Fsp3) is 1.00. The minimum atomic E-state index is 0. The lowest BCUT2D eigenvalue weighted by molar-refractivity contribution is -0.896. The van der Waals surface area contributed by atoms with Crippen molar-refractivity contribution in [2.24, 2.45) is 5.41 Å². The molecule has 0 radical (unpaired) electrons. The van der Waals surface area contributed by atoms with Crippen LogP contribution in [0.1, 0.15) is 34.6 Å². The van der Waals surface area contributed by atoms with Gasteiger partial charge >= 0.3 is 0 Å². The van der Waals surface area contributed by atoms with Gasteiger partial charge in [-0.2, -0.15) is 0 Å². The molecule has 3 unspecified atom stereocenters. The van der Waals surface area contributed by atoms with Gasteiger partial charge in [0.1, 0.15) is 6.17 Å². The van der Waals surface area contributed by atoms with E-state index in [0.29, 0.717) is 11.6 Å². The number of nitrogens with zero attached hydrogens (tertiary/aromatic N) is 1. The molecule has 1 heterocycles. The van der Waals surface area contributed by atoms with Crippen molar-refractivity contribution in [3.8, 4) is 0 Å². The van der Waals surface area contributed by atoms with Crippen molar-refractivity contribution in [1.29, 1.82) is 0 Å². The Balaban J connectivity index is 0.00000169. The van der Waals surface area contributed by atoms with Crippen molar-refractivity contribution in [3.63, 3.8) is 0 Å². The molecule has 0 aromatic heterocycles. The van der Waals surface area contributed by atoms with Gasteiger partial charge < -0.3 is 21.9 Å². The maximum absolute atomic E-state index is 2.63. The summed E-state index contributed by atoms with van der Waals surface area (Å²) in [6.45, 7) is 14.1. The van der Waals surface area contributed by atoms with Gasteiger partial charge in [-0.05, 0) is 12.3 Å². The molecule has 0 aliphatic carbocycles. The molecule has 3 heteroatoms. The monoisotopic (exact) mass is 264 g/mol. The molecule has 1 saturated heterocycles. The van der Waals surface area contributed by atoms with E-state index in [1.807, 2.05) is 0 Å². The van der Waals surface area contributed by atoms with Gasteiger partial charge in [0, 0.05) is 13.5 Å². The number of quaternary nitrogens is 1. The van der Waals surface area contributed by atoms with Crippen LogP contribution in [0.4, 0.5) is 0 Å². The van der Waals surface area contributed by atoms with Crippen LogP contribution in [-0.2, 0) is 0 Å². The summed E-state index contributed by atoms with van der Waals surface area (Å²) in [7, 11) is 2.30. The predicted octanol–water partition coefficient (Wildman–Crippen LogP) is -2.40. The van der Waals surface area contributed by atoms with Gasteiger partial charge in [-0.3, -0.25) is 0 Å². The maximum Gasteiger partial charge on any atom is 0.141 e. The molecule has 1 rings (SSSR count). The van der Waals surface area contributed by atoms with Crippen LogP contribution in [0, 0.1) is 5.41 Å². The molecule has 0 amide bonds. The molecule has 0 aromatic rings. The first-order chi connectivity index (χ1) is 5.81. The van der Waals surface area contributed by atoms with Crippen LogP contribution in [0.25, 0.3) is 0 Å². The van der Waals surface area contributed by atoms with Crippen molar-refractivity contribution in [3.05, 3.63) is 0 Å². The van der Waals surface area contributed by atoms with Gasteiger partial charge in [-0.25, -0.2) is 4.90 Å². The molecule has 1 aliphatic rings. The van der Waals surface area contributed by atoms with Crippen LogP contribution in [0.3, 0.4) is 0 Å². The first-order valence-corrected chi connectivity index (χ1v) is 5.39. The van der Waals surface area contributed by atoms with Crippen molar-refractivity contribution < 1.29 is 21.9 Å². The molecule has 0 saturated carbocycles. The highest BCUT2D eigenvalue weighted by atomic mass is 79.9. The fourth-order valence-electron chi connectivity index (χ4n) is 2.26. The summed E-state index contributed by atoms with van der Waals surface area (Å²) in [6, 6.07) is 0.745. The first kappa shape index (κ1) is 14.4. The Labute approximate surface area is 99.4 Å². The van der Waals surface area contributed by atoms with Crippen molar-refractivity contribution >= 4 is 0 Å². The molecular weight excluding hydrogens is 240 g/mol. The van der Waals surface area contributed by atoms with Crippen molar-refractivity contribution in [2.75, 3.05) is 20.1 Å². The van der Waals surface area contributed by atoms with E-state index in [-0.39, 0.29) is 17.0 Å². The molecule has 86 valence electrons. The van der Waals surface area contributed by atoms with Crippen LogP contribution >= 0.6 is 0 Å². The minimum absolute atomic E-state index is 0. The molecule has 3 atom stereocenters. The largest absolute Gasteiger partial charge is 1.00 e. The van der Waals surface area contributed by atoms with Crippen LogP contribution in [0.15, 0.2) is 0 Å². The lowest BCUT2D eigenvalue weighted by Gasteiger charge is -2.30. The van der Waals surface area contributed by atoms with E-state index in [4.69, 9.17) is 0 Å². The quantitative estimate of drug-likeness (QED) is 0.555. The molecular formula is C11H25BrN2. The predicted molar refractivity (Wildman–Crippen MR) is 56.8 cm³/mol. The third-order valence-corrected chi connectivity index (χ3v) is 3.05. The molecule has 1 N–H and O–H groups in total. The summed E-state index contributed by atoms with van der Waals surface area (Å²) in [5, 5.41) is 0. The highest BCUT2D eigenvalue weighted by Crippen LogP contribution is 2.19. The molecule has 0 bridgehead atoms. The average Bonchev–Trinajstić information content (AvgIpc) is 2.14. The number of likely N-dealkylation sites (N-methyl/N-ethyl adjacent to an activating group) is 1. The second-order valence-electron chi connectivity index (χ2n) is 5.81. The van der Waals surface area contributed by atoms with Crippen LogP contribution in [0.2, 0.25) is 0 Å². The summed E-state index contributed by atoms with van der Waals surface area (Å²) in [5.74, 6) is 0. The summed E-state index contributed by atoms with van der Waals surface area (Å²) < 4.78 is 0. The Morgan fingerprint density at radius 2 is 1.79 bits per heavy atom. The summed E-state index contributed by atoms with van der Waals surface area (Å²) >= 11 is 0. The smallest absolute Gasteiger partial charge is 0.141 e. The Bertz CT molecular complexity index is 177. The Kier molecular flexibility index (Phi) is 5.09. The highest BCUT2D eigenvalue weighted by Gasteiger charge is 2.37. The normalized spacial score (nSPS) is 34.3. The third kappa shape index (κ3) is 3.52. The topological polar surface area (TPSA) is 7.68 Å². The fourth-order valence-corrected chi connectivity index (χ4v) is 2.26. The Hall–Kier alpha value is 0.400. The van der Waals surface area contributed by atoms with Crippen molar-refractivity contribution in [2.45, 2.75) is 46.8 Å². The molecule has 2 nitrogen and oxygen atoms in total. The van der Waals surface area contributed by atoms with Gasteiger partial charge in [0.15, 0.2) is 0 Å². The van der Waals surface area contributed by atoms with E-state index >= 15 is 0 Å². The van der Waals surface area contributed by atoms with Crippen molar-refractivity contribution in [1.82, 2.24) is 4.90 Å². The highest BCUT2D eigenvalue weighted by molar-refractivity contribution is 4.77. The summed E-state index contributed by atoms with van der Waals surface area (Å²) in [5.41, 5.74) is 0.424. The average molecular weight is 265 g/mol. The van der Waals surface area contributed by atoms with Gasteiger partial charge in [0.05, 0.1) is 19.6 Å². The third-order valence-electron chi connectivity index (χ3n) is 3.05. The zero-order chi connectivity index (χ0) is 10.2. The number of nitrogens with one attached hydrogen (secondary N) is 1. The maximum atomic E-state index is 2.63. The lowest BCUT2D eigenvalue weighted by Crippen LogP contribution is -3.11. The zero-order valence-electron chi connectivity index (χ0n) is 10.4. The van der Waals surface area contributed by atoms with E-state index in [1.165, 1.54) is 13.1 Å².